The Morgan fingerprint density at radius 1 is 1.56 bits per heavy atom. The summed E-state index contributed by atoms with van der Waals surface area (Å²) in [5.41, 5.74) is 0.615. The maximum absolute atomic E-state index is 11.4. The van der Waals surface area contributed by atoms with Crippen LogP contribution in [-0.4, -0.2) is 23.6 Å². The maximum Gasteiger partial charge on any atom is 0.251 e. The van der Waals surface area contributed by atoms with E-state index in [1.54, 1.807) is 7.11 Å². The topological polar surface area (TPSA) is 67.0 Å². The molecule has 0 amide bonds. The first-order chi connectivity index (χ1) is 7.71. The van der Waals surface area contributed by atoms with Gasteiger partial charge < -0.3 is 15.0 Å². The maximum atomic E-state index is 11.4. The molecule has 0 fully saturated rings. The summed E-state index contributed by atoms with van der Waals surface area (Å²) in [4.78, 5) is 18.5. The fourth-order valence-corrected chi connectivity index (χ4v) is 1.50. The van der Waals surface area contributed by atoms with Crippen LogP contribution >= 0.6 is 0 Å². The van der Waals surface area contributed by atoms with Crippen LogP contribution in [0.2, 0.25) is 0 Å². The fourth-order valence-electron chi connectivity index (χ4n) is 1.50. The first kappa shape index (κ1) is 12.9. The summed E-state index contributed by atoms with van der Waals surface area (Å²) in [6.07, 6.45) is 0.638. The van der Waals surface area contributed by atoms with Crippen LogP contribution in [0.5, 0.6) is 0 Å². The number of hydrogen-bond acceptors (Lipinski definition) is 4. The van der Waals surface area contributed by atoms with Crippen LogP contribution in [0, 0.1) is 0 Å². The zero-order chi connectivity index (χ0) is 12.0. The molecule has 0 saturated carbocycles. The summed E-state index contributed by atoms with van der Waals surface area (Å²) >= 11 is 0. The third-order valence-corrected chi connectivity index (χ3v) is 2.33. The van der Waals surface area contributed by atoms with Gasteiger partial charge in [-0.1, -0.05) is 13.8 Å². The van der Waals surface area contributed by atoms with Crippen LogP contribution in [-0.2, 0) is 11.3 Å². The molecule has 1 unspecified atom stereocenters. The number of aromatic amines is 1. The van der Waals surface area contributed by atoms with Crippen molar-refractivity contribution in [2.24, 2.45) is 0 Å². The van der Waals surface area contributed by atoms with Crippen molar-refractivity contribution in [2.45, 2.75) is 32.9 Å². The van der Waals surface area contributed by atoms with E-state index in [1.807, 2.05) is 13.8 Å². The average molecular weight is 225 g/mol. The molecule has 0 aliphatic rings. The van der Waals surface area contributed by atoms with Gasteiger partial charge in [0.15, 0.2) is 0 Å². The molecule has 1 aromatic heterocycles. The molecule has 0 aliphatic carbocycles. The lowest BCUT2D eigenvalue weighted by Crippen LogP contribution is -2.20. The van der Waals surface area contributed by atoms with Crippen molar-refractivity contribution >= 4 is 0 Å². The molecule has 1 rings (SSSR count). The van der Waals surface area contributed by atoms with Crippen molar-refractivity contribution in [3.05, 3.63) is 27.9 Å². The van der Waals surface area contributed by atoms with Gasteiger partial charge in [0.05, 0.1) is 5.69 Å². The monoisotopic (exact) mass is 225 g/mol. The number of methoxy groups -OCH3 is 1. The van der Waals surface area contributed by atoms with E-state index in [-0.39, 0.29) is 11.7 Å². The highest BCUT2D eigenvalue weighted by molar-refractivity contribution is 5.04. The van der Waals surface area contributed by atoms with Crippen LogP contribution < -0.4 is 10.9 Å². The molecule has 0 aromatic carbocycles. The Kier molecular flexibility index (Phi) is 5.14. The Bertz CT molecular complexity index is 372. The zero-order valence-corrected chi connectivity index (χ0v) is 10.0. The lowest BCUT2D eigenvalue weighted by Gasteiger charge is -2.12. The Labute approximate surface area is 95.3 Å². The van der Waals surface area contributed by atoms with Crippen LogP contribution in [0.25, 0.3) is 0 Å². The minimum Gasteiger partial charge on any atom is -0.374 e. The molecule has 16 heavy (non-hydrogen) atoms. The predicted octanol–water partition coefficient (Wildman–Crippen LogP) is 0.977. The van der Waals surface area contributed by atoms with E-state index in [2.05, 4.69) is 15.3 Å². The third kappa shape index (κ3) is 3.43. The highest BCUT2D eigenvalue weighted by Gasteiger charge is 2.11. The molecule has 5 nitrogen and oxygen atoms in total. The first-order valence-electron chi connectivity index (χ1n) is 5.54. The lowest BCUT2D eigenvalue weighted by atomic mass is 10.2. The van der Waals surface area contributed by atoms with Gasteiger partial charge in [-0.05, 0) is 13.0 Å². The fraction of sp³-hybridized carbons (Fsp3) is 0.636. The summed E-state index contributed by atoms with van der Waals surface area (Å²) in [5.74, 6) is 0.602. The summed E-state index contributed by atoms with van der Waals surface area (Å²) in [6, 6.07) is 1.51. The van der Waals surface area contributed by atoms with Crippen molar-refractivity contribution < 1.29 is 4.74 Å². The van der Waals surface area contributed by atoms with Gasteiger partial charge in [0, 0.05) is 19.7 Å². The van der Waals surface area contributed by atoms with Crippen LogP contribution in [0.15, 0.2) is 10.9 Å². The SMILES string of the molecule is CCNCc1cc(=O)[nH]c(C(CC)OC)n1. The number of nitrogens with zero attached hydrogens (tertiary/aromatic N) is 1. The normalized spacial score (nSPS) is 12.7. The Hall–Kier alpha value is -1.20. The van der Waals surface area contributed by atoms with E-state index < -0.39 is 0 Å². The number of H-pyrrole nitrogens is 1. The molecule has 0 bridgehead atoms. The largest absolute Gasteiger partial charge is 0.374 e. The molecule has 0 spiro atoms. The summed E-state index contributed by atoms with van der Waals surface area (Å²) in [6.45, 7) is 5.46. The standard InChI is InChI=1S/C11H19N3O2/c1-4-9(16-3)11-13-8(7-12-5-2)6-10(15)14-11/h6,9,12H,4-5,7H2,1-3H3,(H,13,14,15). The summed E-state index contributed by atoms with van der Waals surface area (Å²) < 4.78 is 5.25. The summed E-state index contributed by atoms with van der Waals surface area (Å²) in [5, 5.41) is 3.14. The van der Waals surface area contributed by atoms with Gasteiger partial charge >= 0.3 is 0 Å². The van der Waals surface area contributed by atoms with Gasteiger partial charge in [-0.3, -0.25) is 4.79 Å². The predicted molar refractivity (Wildman–Crippen MR) is 62.3 cm³/mol. The second-order valence-corrected chi connectivity index (χ2v) is 3.53. The molecule has 90 valence electrons. The molecular formula is C11H19N3O2. The van der Waals surface area contributed by atoms with E-state index in [0.29, 0.717) is 12.4 Å². The molecule has 1 heterocycles. The number of rotatable bonds is 6. The average Bonchev–Trinajstić information content (AvgIpc) is 2.27. The van der Waals surface area contributed by atoms with E-state index in [9.17, 15) is 4.79 Å². The Morgan fingerprint density at radius 2 is 2.31 bits per heavy atom. The smallest absolute Gasteiger partial charge is 0.251 e. The van der Waals surface area contributed by atoms with Crippen LogP contribution in [0.4, 0.5) is 0 Å². The lowest BCUT2D eigenvalue weighted by molar-refractivity contribution is 0.0921. The second kappa shape index (κ2) is 6.40. The van der Waals surface area contributed by atoms with Gasteiger partial charge in [0.1, 0.15) is 11.9 Å². The number of nitrogens with one attached hydrogen (secondary N) is 2. The van der Waals surface area contributed by atoms with Crippen molar-refractivity contribution in [3.8, 4) is 0 Å². The number of aromatic nitrogens is 2. The third-order valence-electron chi connectivity index (χ3n) is 2.33. The van der Waals surface area contributed by atoms with E-state index >= 15 is 0 Å². The van der Waals surface area contributed by atoms with Crippen molar-refractivity contribution in [2.75, 3.05) is 13.7 Å². The van der Waals surface area contributed by atoms with Crippen molar-refractivity contribution in [1.82, 2.24) is 15.3 Å². The van der Waals surface area contributed by atoms with Crippen LogP contribution in [0.3, 0.4) is 0 Å². The number of hydrogen-bond donors (Lipinski definition) is 2. The quantitative estimate of drug-likeness (QED) is 0.757. The van der Waals surface area contributed by atoms with Gasteiger partial charge in [-0.25, -0.2) is 4.98 Å². The van der Waals surface area contributed by atoms with Gasteiger partial charge in [0.2, 0.25) is 0 Å². The molecule has 0 radical (unpaired) electrons. The van der Waals surface area contributed by atoms with Crippen molar-refractivity contribution in [1.29, 1.82) is 0 Å². The minimum absolute atomic E-state index is 0.131. The molecule has 1 atom stereocenters. The highest BCUT2D eigenvalue weighted by atomic mass is 16.5. The zero-order valence-electron chi connectivity index (χ0n) is 10.0. The highest BCUT2D eigenvalue weighted by Crippen LogP contribution is 2.14. The Balaban J connectivity index is 2.92. The first-order valence-corrected chi connectivity index (χ1v) is 5.54. The minimum atomic E-state index is -0.144. The van der Waals surface area contributed by atoms with Crippen molar-refractivity contribution in [3.63, 3.8) is 0 Å². The molecule has 5 heteroatoms. The summed E-state index contributed by atoms with van der Waals surface area (Å²) in [7, 11) is 1.62. The van der Waals surface area contributed by atoms with Gasteiger partial charge in [-0.2, -0.15) is 0 Å². The van der Waals surface area contributed by atoms with Gasteiger partial charge in [-0.15, -0.1) is 0 Å². The second-order valence-electron chi connectivity index (χ2n) is 3.53. The molecule has 2 N–H and O–H groups in total. The van der Waals surface area contributed by atoms with E-state index in [4.69, 9.17) is 4.74 Å². The molecule has 0 aliphatic heterocycles. The molecular weight excluding hydrogens is 206 g/mol. The van der Waals surface area contributed by atoms with E-state index in [1.165, 1.54) is 6.07 Å². The van der Waals surface area contributed by atoms with Gasteiger partial charge in [0.25, 0.3) is 5.56 Å². The number of ether oxygens (including phenoxy) is 1. The molecule has 0 saturated heterocycles. The molecule has 1 aromatic rings. The van der Waals surface area contributed by atoms with E-state index in [0.717, 1.165) is 18.7 Å². The Morgan fingerprint density at radius 3 is 2.88 bits per heavy atom. The van der Waals surface area contributed by atoms with Crippen LogP contribution in [0.1, 0.15) is 37.9 Å².